The second-order valence-corrected chi connectivity index (χ2v) is 5.47. The Bertz CT molecular complexity index is 691. The summed E-state index contributed by atoms with van der Waals surface area (Å²) in [6.45, 7) is 0.697. The van der Waals surface area contributed by atoms with E-state index in [1.165, 1.54) is 0 Å². The lowest BCUT2D eigenvalue weighted by Gasteiger charge is -2.24. The zero-order chi connectivity index (χ0) is 16.8. The van der Waals surface area contributed by atoms with Gasteiger partial charge in [0.05, 0.1) is 0 Å². The van der Waals surface area contributed by atoms with Crippen LogP contribution in [0.5, 0.6) is 0 Å². The van der Waals surface area contributed by atoms with Crippen LogP contribution in [0.2, 0.25) is 0 Å². The number of amides is 1. The molecule has 0 bridgehead atoms. The van der Waals surface area contributed by atoms with Gasteiger partial charge in [0.25, 0.3) is 5.91 Å². The second-order valence-electron chi connectivity index (χ2n) is 5.47. The topological polar surface area (TPSA) is 68.7 Å². The summed E-state index contributed by atoms with van der Waals surface area (Å²) in [5.74, 6) is -0.171. The molecule has 24 heavy (non-hydrogen) atoms. The maximum absolute atomic E-state index is 12.5. The molecule has 0 saturated carbocycles. The number of hydrogen-bond donors (Lipinski definition) is 0. The number of ether oxygens (including phenoxy) is 2. The van der Waals surface area contributed by atoms with Crippen LogP contribution in [0.3, 0.4) is 0 Å². The number of aromatic nitrogens is 1. The summed E-state index contributed by atoms with van der Waals surface area (Å²) in [5, 5.41) is 0. The van der Waals surface area contributed by atoms with Gasteiger partial charge in [-0.2, -0.15) is 0 Å². The van der Waals surface area contributed by atoms with Gasteiger partial charge in [0.1, 0.15) is 6.61 Å². The van der Waals surface area contributed by atoms with Crippen molar-refractivity contribution in [2.45, 2.75) is 25.7 Å². The van der Waals surface area contributed by atoms with Gasteiger partial charge in [-0.1, -0.05) is 30.3 Å². The smallest absolute Gasteiger partial charge is 0.429 e. The van der Waals surface area contributed by atoms with Gasteiger partial charge in [-0.25, -0.2) is 4.79 Å². The van der Waals surface area contributed by atoms with Crippen LogP contribution in [0, 0.1) is 0 Å². The van der Waals surface area contributed by atoms with Gasteiger partial charge in [0.15, 0.2) is 6.23 Å². The van der Waals surface area contributed by atoms with Gasteiger partial charge in [-0.3, -0.25) is 9.78 Å². The quantitative estimate of drug-likeness (QED) is 0.808. The van der Waals surface area contributed by atoms with E-state index in [4.69, 9.17) is 9.47 Å². The molecule has 0 aliphatic carbocycles. The first-order chi connectivity index (χ1) is 11.7. The molecule has 2 heterocycles. The summed E-state index contributed by atoms with van der Waals surface area (Å²) in [6.07, 6.45) is 3.16. The molecule has 124 valence electrons. The fourth-order valence-corrected chi connectivity index (χ4v) is 2.61. The highest BCUT2D eigenvalue weighted by Crippen LogP contribution is 2.21. The first kappa shape index (κ1) is 16.0. The lowest BCUT2D eigenvalue weighted by atomic mass is 10.2. The van der Waals surface area contributed by atoms with Crippen molar-refractivity contribution in [3.8, 4) is 0 Å². The Morgan fingerprint density at radius 1 is 1.12 bits per heavy atom. The van der Waals surface area contributed by atoms with Crippen molar-refractivity contribution >= 4 is 12.1 Å². The molecule has 1 unspecified atom stereocenters. The molecule has 1 amide bonds. The van der Waals surface area contributed by atoms with Crippen molar-refractivity contribution in [2.24, 2.45) is 0 Å². The normalized spacial score (nSPS) is 16.7. The molecule has 3 rings (SSSR count). The third-order valence-corrected chi connectivity index (χ3v) is 3.82. The number of rotatable bonds is 4. The summed E-state index contributed by atoms with van der Waals surface area (Å²) in [7, 11) is 0. The first-order valence-corrected chi connectivity index (χ1v) is 7.82. The van der Waals surface area contributed by atoms with Crippen molar-refractivity contribution in [3.05, 3.63) is 66.0 Å². The van der Waals surface area contributed by atoms with Crippen LogP contribution in [0.4, 0.5) is 4.79 Å². The van der Waals surface area contributed by atoms with Crippen LogP contribution in [0.25, 0.3) is 0 Å². The molecule has 1 fully saturated rings. The van der Waals surface area contributed by atoms with Crippen LogP contribution < -0.4 is 0 Å². The Morgan fingerprint density at radius 3 is 2.62 bits per heavy atom. The lowest BCUT2D eigenvalue weighted by molar-refractivity contribution is -0.0245. The van der Waals surface area contributed by atoms with E-state index in [-0.39, 0.29) is 12.5 Å². The van der Waals surface area contributed by atoms with E-state index in [0.717, 1.165) is 12.0 Å². The largest absolute Gasteiger partial charge is 0.510 e. The second kappa shape index (κ2) is 7.59. The third kappa shape index (κ3) is 3.90. The van der Waals surface area contributed by atoms with Gasteiger partial charge in [-0.15, -0.1) is 0 Å². The number of hydrogen-bond acceptors (Lipinski definition) is 5. The van der Waals surface area contributed by atoms with Crippen molar-refractivity contribution in [2.75, 3.05) is 6.54 Å². The van der Waals surface area contributed by atoms with E-state index in [9.17, 15) is 9.59 Å². The van der Waals surface area contributed by atoms with Gasteiger partial charge in [-0.05, 0) is 24.1 Å². The predicted octanol–water partition coefficient (Wildman–Crippen LogP) is 3.00. The molecule has 0 N–H and O–H groups in total. The lowest BCUT2D eigenvalue weighted by Crippen LogP contribution is -2.38. The standard InChI is InChI=1S/C18H18N2O4/c21-17(15-8-10-19-11-9-15)20-12-4-7-16(20)24-18(22)23-13-14-5-2-1-3-6-14/h1-3,5-6,8-11,16H,4,7,12-13H2. The highest BCUT2D eigenvalue weighted by atomic mass is 16.7. The SMILES string of the molecule is O=C(OCc1ccccc1)OC1CCCN1C(=O)c1ccncc1. The van der Waals surface area contributed by atoms with E-state index in [1.807, 2.05) is 30.3 Å². The molecule has 6 heteroatoms. The van der Waals surface area contributed by atoms with Crippen LogP contribution in [0.1, 0.15) is 28.8 Å². The summed E-state index contributed by atoms with van der Waals surface area (Å²) in [4.78, 5) is 29.8. The fourth-order valence-electron chi connectivity index (χ4n) is 2.61. The molecule has 1 aromatic heterocycles. The molecule has 1 aliphatic rings. The highest BCUT2D eigenvalue weighted by Gasteiger charge is 2.32. The molecule has 1 atom stereocenters. The van der Waals surface area contributed by atoms with Gasteiger partial charge < -0.3 is 14.4 Å². The van der Waals surface area contributed by atoms with Crippen LogP contribution in [-0.2, 0) is 16.1 Å². The van der Waals surface area contributed by atoms with Crippen molar-refractivity contribution in [3.63, 3.8) is 0 Å². The number of benzene rings is 1. The number of likely N-dealkylation sites (tertiary alicyclic amines) is 1. The molecular formula is C18H18N2O4. The summed E-state index contributed by atoms with van der Waals surface area (Å²) in [6, 6.07) is 12.6. The van der Waals surface area contributed by atoms with Gasteiger partial charge in [0.2, 0.25) is 0 Å². The summed E-state index contributed by atoms with van der Waals surface area (Å²) >= 11 is 0. The minimum Gasteiger partial charge on any atom is -0.429 e. The number of carbonyl (C=O) groups is 2. The molecule has 1 saturated heterocycles. The Hall–Kier alpha value is -2.89. The molecular weight excluding hydrogens is 308 g/mol. The monoisotopic (exact) mass is 326 g/mol. The Kier molecular flexibility index (Phi) is 5.05. The van der Waals surface area contributed by atoms with E-state index in [1.54, 1.807) is 29.4 Å². The number of pyridine rings is 1. The predicted molar refractivity (Wildman–Crippen MR) is 86.0 cm³/mol. The zero-order valence-electron chi connectivity index (χ0n) is 13.1. The molecule has 6 nitrogen and oxygen atoms in total. The van der Waals surface area contributed by atoms with Crippen molar-refractivity contribution in [1.82, 2.24) is 9.88 Å². The maximum Gasteiger partial charge on any atom is 0.510 e. The average molecular weight is 326 g/mol. The van der Waals surface area contributed by atoms with Crippen LogP contribution in [0.15, 0.2) is 54.9 Å². The molecule has 0 spiro atoms. The molecule has 2 aromatic rings. The van der Waals surface area contributed by atoms with E-state index in [2.05, 4.69) is 4.98 Å². The first-order valence-electron chi connectivity index (χ1n) is 7.82. The van der Waals surface area contributed by atoms with Crippen molar-refractivity contribution in [1.29, 1.82) is 0 Å². The summed E-state index contributed by atoms with van der Waals surface area (Å²) < 4.78 is 10.4. The van der Waals surface area contributed by atoms with Crippen molar-refractivity contribution < 1.29 is 19.1 Å². The fraction of sp³-hybridized carbons (Fsp3) is 0.278. The number of nitrogens with zero attached hydrogens (tertiary/aromatic N) is 2. The Balaban J connectivity index is 1.55. The van der Waals surface area contributed by atoms with Crippen LogP contribution in [-0.4, -0.2) is 34.7 Å². The maximum atomic E-state index is 12.5. The third-order valence-electron chi connectivity index (χ3n) is 3.82. The average Bonchev–Trinajstić information content (AvgIpc) is 3.09. The number of carbonyl (C=O) groups excluding carboxylic acids is 2. The van der Waals surface area contributed by atoms with E-state index >= 15 is 0 Å². The highest BCUT2D eigenvalue weighted by molar-refractivity contribution is 5.94. The molecule has 0 radical (unpaired) electrons. The van der Waals surface area contributed by atoms with E-state index in [0.29, 0.717) is 18.5 Å². The Morgan fingerprint density at radius 2 is 1.88 bits per heavy atom. The van der Waals surface area contributed by atoms with E-state index < -0.39 is 12.4 Å². The summed E-state index contributed by atoms with van der Waals surface area (Å²) in [5.41, 5.74) is 1.41. The zero-order valence-corrected chi connectivity index (χ0v) is 13.1. The van der Waals surface area contributed by atoms with Gasteiger partial charge in [0, 0.05) is 30.9 Å². The minimum atomic E-state index is -0.765. The van der Waals surface area contributed by atoms with Gasteiger partial charge >= 0.3 is 6.16 Å². The minimum absolute atomic E-state index is 0.144. The Labute approximate surface area is 140 Å². The van der Waals surface area contributed by atoms with Crippen LogP contribution >= 0.6 is 0 Å². The molecule has 1 aromatic carbocycles. The molecule has 1 aliphatic heterocycles.